The number of aliphatic hydroxyl groups is 1. The van der Waals surface area contributed by atoms with Crippen molar-refractivity contribution in [3.63, 3.8) is 0 Å². The molecule has 2 rings (SSSR count). The minimum absolute atomic E-state index is 0.0820. The highest BCUT2D eigenvalue weighted by Gasteiger charge is 2.23. The smallest absolute Gasteiger partial charge is 0.244 e. The van der Waals surface area contributed by atoms with Crippen molar-refractivity contribution in [1.29, 1.82) is 0 Å². The molecule has 0 bridgehead atoms. The molecule has 0 spiro atoms. The van der Waals surface area contributed by atoms with Gasteiger partial charge in [-0.2, -0.15) is 0 Å². The summed E-state index contributed by atoms with van der Waals surface area (Å²) in [4.78, 5) is 17.1. The predicted octanol–water partition coefficient (Wildman–Crippen LogP) is 2.52. The largest absolute Gasteiger partial charge is 0.396 e. The van der Waals surface area contributed by atoms with Crippen LogP contribution in [0.2, 0.25) is 0 Å². The maximum atomic E-state index is 12.0. The molecule has 2 unspecified atom stereocenters. The van der Waals surface area contributed by atoms with Gasteiger partial charge in [0.1, 0.15) is 0 Å². The van der Waals surface area contributed by atoms with Crippen molar-refractivity contribution in [3.05, 3.63) is 22.2 Å². The van der Waals surface area contributed by atoms with Gasteiger partial charge in [0.2, 0.25) is 5.91 Å². The summed E-state index contributed by atoms with van der Waals surface area (Å²) in [6.45, 7) is 2.10. The van der Waals surface area contributed by atoms with E-state index in [1.807, 2.05) is 6.92 Å². The van der Waals surface area contributed by atoms with E-state index in [2.05, 4.69) is 10.3 Å². The molecule has 0 saturated heterocycles. The van der Waals surface area contributed by atoms with Gasteiger partial charge in [0.25, 0.3) is 0 Å². The molecule has 1 amide bonds. The highest BCUT2D eigenvalue weighted by Crippen LogP contribution is 2.23. The van der Waals surface area contributed by atoms with E-state index in [-0.39, 0.29) is 24.5 Å². The SMILES string of the molecule is Cc1ncc(/C=C/C(=O)NC2CCCCCC2CO)s1. The summed E-state index contributed by atoms with van der Waals surface area (Å²) in [7, 11) is 0. The van der Waals surface area contributed by atoms with Gasteiger partial charge in [0, 0.05) is 35.7 Å². The molecule has 1 aromatic heterocycles. The molecule has 0 aromatic carbocycles. The number of thiazole rings is 1. The Balaban J connectivity index is 1.90. The maximum Gasteiger partial charge on any atom is 0.244 e. The number of rotatable bonds is 4. The molecule has 0 aliphatic heterocycles. The second-order valence-electron chi connectivity index (χ2n) is 5.31. The van der Waals surface area contributed by atoms with Crippen molar-refractivity contribution in [3.8, 4) is 0 Å². The van der Waals surface area contributed by atoms with Gasteiger partial charge in [-0.25, -0.2) is 4.98 Å². The van der Waals surface area contributed by atoms with Crippen LogP contribution in [0.3, 0.4) is 0 Å². The van der Waals surface area contributed by atoms with E-state index in [4.69, 9.17) is 0 Å². The van der Waals surface area contributed by atoms with Gasteiger partial charge < -0.3 is 10.4 Å². The van der Waals surface area contributed by atoms with Crippen LogP contribution in [0.1, 0.15) is 42.0 Å². The number of hydrogen-bond acceptors (Lipinski definition) is 4. The van der Waals surface area contributed by atoms with Gasteiger partial charge >= 0.3 is 0 Å². The fourth-order valence-corrected chi connectivity index (χ4v) is 3.32. The lowest BCUT2D eigenvalue weighted by molar-refractivity contribution is -0.117. The van der Waals surface area contributed by atoms with E-state index in [1.165, 1.54) is 6.42 Å². The van der Waals surface area contributed by atoms with Gasteiger partial charge in [-0.3, -0.25) is 4.79 Å². The van der Waals surface area contributed by atoms with Crippen LogP contribution in [0.25, 0.3) is 6.08 Å². The van der Waals surface area contributed by atoms with E-state index >= 15 is 0 Å². The third-order valence-electron chi connectivity index (χ3n) is 3.76. The van der Waals surface area contributed by atoms with Crippen LogP contribution in [0.4, 0.5) is 0 Å². The number of aliphatic hydroxyl groups excluding tert-OH is 1. The lowest BCUT2D eigenvalue weighted by Crippen LogP contribution is -2.40. The van der Waals surface area contributed by atoms with Crippen LogP contribution in [-0.2, 0) is 4.79 Å². The fourth-order valence-electron chi connectivity index (χ4n) is 2.64. The predicted molar refractivity (Wildman–Crippen MR) is 81.5 cm³/mol. The number of hydrogen-bond donors (Lipinski definition) is 2. The fraction of sp³-hybridized carbons (Fsp3) is 0.600. The maximum absolute atomic E-state index is 12.0. The molecule has 1 aliphatic rings. The Morgan fingerprint density at radius 3 is 3.00 bits per heavy atom. The highest BCUT2D eigenvalue weighted by molar-refractivity contribution is 7.12. The van der Waals surface area contributed by atoms with Crippen molar-refractivity contribution >= 4 is 23.3 Å². The number of nitrogens with zero attached hydrogens (tertiary/aromatic N) is 1. The normalized spacial score (nSPS) is 23.7. The number of aromatic nitrogens is 1. The minimum Gasteiger partial charge on any atom is -0.396 e. The Bertz CT molecular complexity index is 470. The molecule has 20 heavy (non-hydrogen) atoms. The number of amides is 1. The van der Waals surface area contributed by atoms with Crippen LogP contribution in [-0.4, -0.2) is 28.6 Å². The average molecular weight is 294 g/mol. The molecular formula is C15H22N2O2S. The van der Waals surface area contributed by atoms with E-state index in [9.17, 15) is 9.90 Å². The van der Waals surface area contributed by atoms with Crippen LogP contribution < -0.4 is 5.32 Å². The minimum atomic E-state index is -0.0820. The zero-order valence-corrected chi connectivity index (χ0v) is 12.7. The highest BCUT2D eigenvalue weighted by atomic mass is 32.1. The first-order chi connectivity index (χ1) is 9.69. The molecule has 4 nitrogen and oxygen atoms in total. The number of nitrogens with one attached hydrogen (secondary N) is 1. The standard InChI is InChI=1S/C15H22N2O2S/c1-11-16-9-13(20-11)7-8-15(19)17-14-6-4-2-3-5-12(14)10-18/h7-9,12,14,18H,2-6,10H2,1H3,(H,17,19)/b8-7+. The van der Waals surface area contributed by atoms with Gasteiger partial charge in [0.05, 0.1) is 5.01 Å². The van der Waals surface area contributed by atoms with Crippen molar-refractivity contribution in [1.82, 2.24) is 10.3 Å². The Morgan fingerprint density at radius 1 is 1.50 bits per heavy atom. The van der Waals surface area contributed by atoms with E-state index in [0.29, 0.717) is 0 Å². The Labute approximate surface area is 123 Å². The summed E-state index contributed by atoms with van der Waals surface area (Å²) >= 11 is 1.57. The third kappa shape index (κ3) is 4.42. The molecule has 110 valence electrons. The average Bonchev–Trinajstić information content (AvgIpc) is 2.72. The first kappa shape index (κ1) is 15.2. The van der Waals surface area contributed by atoms with E-state index in [1.54, 1.807) is 29.7 Å². The van der Waals surface area contributed by atoms with Crippen molar-refractivity contribution in [2.75, 3.05) is 6.61 Å². The Morgan fingerprint density at radius 2 is 2.30 bits per heavy atom. The molecule has 1 fully saturated rings. The molecule has 5 heteroatoms. The number of carbonyl (C=O) groups is 1. The van der Waals surface area contributed by atoms with Gasteiger partial charge in [0.15, 0.2) is 0 Å². The van der Waals surface area contributed by atoms with Gasteiger partial charge in [-0.05, 0) is 25.8 Å². The van der Waals surface area contributed by atoms with Gasteiger partial charge in [-0.15, -0.1) is 11.3 Å². The van der Waals surface area contributed by atoms with Crippen LogP contribution in [0, 0.1) is 12.8 Å². The second-order valence-corrected chi connectivity index (χ2v) is 6.58. The first-order valence-corrected chi connectivity index (χ1v) is 8.02. The quantitative estimate of drug-likeness (QED) is 0.662. The van der Waals surface area contributed by atoms with Crippen molar-refractivity contribution in [2.45, 2.75) is 45.1 Å². The molecule has 1 saturated carbocycles. The van der Waals surface area contributed by atoms with Gasteiger partial charge in [-0.1, -0.05) is 19.3 Å². The zero-order valence-electron chi connectivity index (χ0n) is 11.8. The van der Waals surface area contributed by atoms with E-state index < -0.39 is 0 Å². The van der Waals surface area contributed by atoms with Crippen LogP contribution in [0.5, 0.6) is 0 Å². The Hall–Kier alpha value is -1.20. The second kappa shape index (κ2) is 7.55. The summed E-state index contributed by atoms with van der Waals surface area (Å²) in [6.07, 6.45) is 10.6. The summed E-state index contributed by atoms with van der Waals surface area (Å²) in [5, 5.41) is 13.5. The van der Waals surface area contributed by atoms with Crippen LogP contribution >= 0.6 is 11.3 Å². The molecule has 1 heterocycles. The van der Waals surface area contributed by atoms with Crippen molar-refractivity contribution in [2.24, 2.45) is 5.92 Å². The summed E-state index contributed by atoms with van der Waals surface area (Å²) in [5.41, 5.74) is 0. The molecule has 2 N–H and O–H groups in total. The molecule has 1 aliphatic carbocycles. The van der Waals surface area contributed by atoms with Crippen molar-refractivity contribution < 1.29 is 9.90 Å². The molecule has 0 radical (unpaired) electrons. The third-order valence-corrected chi connectivity index (χ3v) is 4.64. The first-order valence-electron chi connectivity index (χ1n) is 7.21. The monoisotopic (exact) mass is 294 g/mol. The molecule has 2 atom stereocenters. The lowest BCUT2D eigenvalue weighted by atomic mass is 9.95. The number of aryl methyl sites for hydroxylation is 1. The summed E-state index contributed by atoms with van der Waals surface area (Å²) in [5.74, 6) is 0.113. The van der Waals surface area contributed by atoms with E-state index in [0.717, 1.165) is 35.6 Å². The summed E-state index contributed by atoms with van der Waals surface area (Å²) < 4.78 is 0. The summed E-state index contributed by atoms with van der Waals surface area (Å²) in [6, 6.07) is 0.0999. The molecular weight excluding hydrogens is 272 g/mol. The zero-order chi connectivity index (χ0) is 14.4. The Kier molecular flexibility index (Phi) is 5.73. The topological polar surface area (TPSA) is 62.2 Å². The number of carbonyl (C=O) groups excluding carboxylic acids is 1. The lowest BCUT2D eigenvalue weighted by Gasteiger charge is -2.23. The molecule has 1 aromatic rings. The van der Waals surface area contributed by atoms with Crippen LogP contribution in [0.15, 0.2) is 12.3 Å².